The molecule has 2 heterocycles. The third-order valence-electron chi connectivity index (χ3n) is 3.29. The molecule has 6 nitrogen and oxygen atoms in total. The molecule has 2 amide bonds. The van der Waals surface area contributed by atoms with Crippen molar-refractivity contribution in [2.45, 2.75) is 0 Å². The van der Waals surface area contributed by atoms with Crippen molar-refractivity contribution in [3.63, 3.8) is 0 Å². The second-order valence-electron chi connectivity index (χ2n) is 4.71. The smallest absolute Gasteiger partial charge is 0.277 e. The SMILES string of the molecule is O=C1C=C(Nc2cccc3ccc(Cl)nc23)C(=O)N1CCO. The second-order valence-corrected chi connectivity index (χ2v) is 5.10. The zero-order chi connectivity index (χ0) is 15.7. The van der Waals surface area contributed by atoms with Gasteiger partial charge in [0, 0.05) is 11.5 Å². The molecule has 1 aromatic heterocycles. The summed E-state index contributed by atoms with van der Waals surface area (Å²) in [6.45, 7) is -0.303. The van der Waals surface area contributed by atoms with Gasteiger partial charge in [0.25, 0.3) is 11.8 Å². The average Bonchev–Trinajstić information content (AvgIpc) is 2.76. The Hall–Kier alpha value is -2.44. The van der Waals surface area contributed by atoms with Gasteiger partial charge in [0.05, 0.1) is 24.4 Å². The van der Waals surface area contributed by atoms with Gasteiger partial charge >= 0.3 is 0 Å². The largest absolute Gasteiger partial charge is 0.395 e. The quantitative estimate of drug-likeness (QED) is 0.660. The number of fused-ring (bicyclic) bond motifs is 1. The Bertz CT molecular complexity index is 804. The Morgan fingerprint density at radius 1 is 1.23 bits per heavy atom. The van der Waals surface area contributed by atoms with Crippen LogP contribution in [0.5, 0.6) is 0 Å². The number of nitrogens with zero attached hydrogens (tertiary/aromatic N) is 2. The number of aliphatic hydroxyl groups excluding tert-OH is 1. The lowest BCUT2D eigenvalue weighted by atomic mass is 10.2. The maximum absolute atomic E-state index is 12.1. The lowest BCUT2D eigenvalue weighted by Crippen LogP contribution is -2.34. The number of pyridine rings is 1. The number of amides is 2. The van der Waals surface area contributed by atoms with Gasteiger partial charge in [0.1, 0.15) is 10.9 Å². The number of hydrogen-bond acceptors (Lipinski definition) is 5. The number of β-amino-alcohol motifs (C(OH)–C–C–N with tert-alkyl or cyclic N) is 1. The lowest BCUT2D eigenvalue weighted by molar-refractivity contribution is -0.137. The van der Waals surface area contributed by atoms with Gasteiger partial charge in [-0.15, -0.1) is 0 Å². The first-order chi connectivity index (χ1) is 10.6. The minimum absolute atomic E-state index is 0.0288. The van der Waals surface area contributed by atoms with Crippen LogP contribution in [0.3, 0.4) is 0 Å². The van der Waals surface area contributed by atoms with Crippen LogP contribution in [0.25, 0.3) is 10.9 Å². The average molecular weight is 318 g/mol. The number of carbonyl (C=O) groups excluding carboxylic acids is 2. The van der Waals surface area contributed by atoms with Gasteiger partial charge in [-0.25, -0.2) is 4.98 Å². The first kappa shape index (κ1) is 14.5. The molecule has 0 atom stereocenters. The first-order valence-electron chi connectivity index (χ1n) is 6.61. The Kier molecular flexibility index (Phi) is 3.79. The van der Waals surface area contributed by atoms with E-state index in [0.29, 0.717) is 16.4 Å². The van der Waals surface area contributed by atoms with Crippen LogP contribution < -0.4 is 5.32 Å². The lowest BCUT2D eigenvalue weighted by Gasteiger charge is -2.14. The Balaban J connectivity index is 1.94. The van der Waals surface area contributed by atoms with Crippen LogP contribution in [0.4, 0.5) is 5.69 Å². The molecule has 0 bridgehead atoms. The third kappa shape index (κ3) is 2.54. The van der Waals surface area contributed by atoms with Gasteiger partial charge in [0.15, 0.2) is 0 Å². The summed E-state index contributed by atoms with van der Waals surface area (Å²) >= 11 is 5.91. The predicted octanol–water partition coefficient (Wildman–Crippen LogP) is 1.55. The third-order valence-corrected chi connectivity index (χ3v) is 3.50. The number of imide groups is 1. The van der Waals surface area contributed by atoms with Gasteiger partial charge < -0.3 is 10.4 Å². The summed E-state index contributed by atoms with van der Waals surface area (Å²) in [7, 11) is 0. The van der Waals surface area contributed by atoms with Crippen molar-refractivity contribution in [2.75, 3.05) is 18.5 Å². The summed E-state index contributed by atoms with van der Waals surface area (Å²) in [6.07, 6.45) is 1.21. The monoisotopic (exact) mass is 317 g/mol. The number of aromatic nitrogens is 1. The maximum atomic E-state index is 12.1. The van der Waals surface area contributed by atoms with E-state index in [0.717, 1.165) is 10.3 Å². The highest BCUT2D eigenvalue weighted by Gasteiger charge is 2.30. The van der Waals surface area contributed by atoms with Gasteiger partial charge in [-0.2, -0.15) is 0 Å². The van der Waals surface area contributed by atoms with Crippen molar-refractivity contribution in [1.82, 2.24) is 9.88 Å². The minimum atomic E-state index is -0.474. The van der Waals surface area contributed by atoms with Crippen molar-refractivity contribution < 1.29 is 14.7 Å². The van der Waals surface area contributed by atoms with E-state index in [1.54, 1.807) is 12.1 Å². The summed E-state index contributed by atoms with van der Waals surface area (Å²) in [5, 5.41) is 13.0. The molecule has 3 rings (SSSR count). The number of anilines is 1. The van der Waals surface area contributed by atoms with Crippen molar-refractivity contribution in [3.8, 4) is 0 Å². The van der Waals surface area contributed by atoms with Crippen LogP contribution in [0, 0.1) is 0 Å². The molecule has 2 N–H and O–H groups in total. The molecule has 7 heteroatoms. The number of hydrogen-bond donors (Lipinski definition) is 2. The molecule has 112 valence electrons. The molecule has 0 aliphatic carbocycles. The molecular formula is C15H12ClN3O3. The fraction of sp³-hybridized carbons (Fsp3) is 0.133. The van der Waals surface area contributed by atoms with E-state index in [1.807, 2.05) is 18.2 Å². The van der Waals surface area contributed by atoms with Crippen molar-refractivity contribution in [1.29, 1.82) is 0 Å². The van der Waals surface area contributed by atoms with Crippen molar-refractivity contribution >= 4 is 40.0 Å². The van der Waals surface area contributed by atoms with Gasteiger partial charge in [-0.05, 0) is 18.2 Å². The number of para-hydroxylation sites is 1. The fourth-order valence-electron chi connectivity index (χ4n) is 2.28. The highest BCUT2D eigenvalue weighted by Crippen LogP contribution is 2.25. The molecule has 0 saturated heterocycles. The number of benzene rings is 1. The Morgan fingerprint density at radius 2 is 2.05 bits per heavy atom. The van der Waals surface area contributed by atoms with E-state index in [9.17, 15) is 9.59 Å². The van der Waals surface area contributed by atoms with E-state index in [2.05, 4.69) is 10.3 Å². The van der Waals surface area contributed by atoms with Gasteiger partial charge in [0.2, 0.25) is 0 Å². The zero-order valence-electron chi connectivity index (χ0n) is 11.4. The highest BCUT2D eigenvalue weighted by atomic mass is 35.5. The predicted molar refractivity (Wildman–Crippen MR) is 82.3 cm³/mol. The topological polar surface area (TPSA) is 82.5 Å². The van der Waals surface area contributed by atoms with E-state index in [4.69, 9.17) is 16.7 Å². The van der Waals surface area contributed by atoms with Crippen LogP contribution in [-0.2, 0) is 9.59 Å². The molecule has 0 radical (unpaired) electrons. The molecule has 0 unspecified atom stereocenters. The highest BCUT2D eigenvalue weighted by molar-refractivity contribution is 6.30. The van der Waals surface area contributed by atoms with Crippen LogP contribution in [0.1, 0.15) is 0 Å². The normalized spacial score (nSPS) is 14.6. The number of aliphatic hydroxyl groups is 1. The molecule has 2 aromatic rings. The van der Waals surface area contributed by atoms with E-state index in [-0.39, 0.29) is 18.8 Å². The van der Waals surface area contributed by atoms with Crippen LogP contribution in [0.15, 0.2) is 42.1 Å². The molecule has 0 fully saturated rings. The standard InChI is InChI=1S/C15H12ClN3O3/c16-12-5-4-9-2-1-3-10(14(9)18-12)17-11-8-13(21)19(6-7-20)15(11)22/h1-5,8,17,20H,6-7H2. The molecule has 0 spiro atoms. The maximum Gasteiger partial charge on any atom is 0.277 e. The fourth-order valence-corrected chi connectivity index (χ4v) is 2.43. The molecule has 22 heavy (non-hydrogen) atoms. The van der Waals surface area contributed by atoms with Gasteiger partial charge in [-0.3, -0.25) is 14.5 Å². The summed E-state index contributed by atoms with van der Waals surface area (Å²) in [5.74, 6) is -0.925. The Morgan fingerprint density at radius 3 is 2.82 bits per heavy atom. The van der Waals surface area contributed by atoms with E-state index >= 15 is 0 Å². The summed E-state index contributed by atoms with van der Waals surface area (Å²) in [6, 6.07) is 8.94. The number of rotatable bonds is 4. The Labute approximate surface area is 131 Å². The number of nitrogens with one attached hydrogen (secondary N) is 1. The van der Waals surface area contributed by atoms with Crippen molar-refractivity contribution in [2.24, 2.45) is 0 Å². The van der Waals surface area contributed by atoms with E-state index in [1.165, 1.54) is 6.08 Å². The number of halogens is 1. The zero-order valence-corrected chi connectivity index (χ0v) is 12.2. The van der Waals surface area contributed by atoms with Crippen LogP contribution in [0.2, 0.25) is 5.15 Å². The van der Waals surface area contributed by atoms with Crippen LogP contribution >= 0.6 is 11.6 Å². The minimum Gasteiger partial charge on any atom is -0.395 e. The molecule has 0 saturated carbocycles. The first-order valence-corrected chi connectivity index (χ1v) is 6.98. The number of carbonyl (C=O) groups is 2. The molecule has 1 aromatic carbocycles. The summed E-state index contributed by atoms with van der Waals surface area (Å²) < 4.78 is 0. The molecule has 1 aliphatic rings. The summed E-state index contributed by atoms with van der Waals surface area (Å²) in [4.78, 5) is 29.1. The molecular weight excluding hydrogens is 306 g/mol. The second kappa shape index (κ2) is 5.75. The van der Waals surface area contributed by atoms with Crippen LogP contribution in [-0.4, -0.2) is 40.0 Å². The van der Waals surface area contributed by atoms with Gasteiger partial charge in [-0.1, -0.05) is 23.7 Å². The molecule has 1 aliphatic heterocycles. The summed E-state index contributed by atoms with van der Waals surface area (Å²) in [5.41, 5.74) is 1.34. The van der Waals surface area contributed by atoms with Crippen molar-refractivity contribution in [3.05, 3.63) is 47.3 Å². The van der Waals surface area contributed by atoms with E-state index < -0.39 is 11.8 Å².